The van der Waals surface area contributed by atoms with Crippen LogP contribution in [0.15, 0.2) is 0 Å². The molecular weight excluding hydrogens is 216 g/mol. The van der Waals surface area contributed by atoms with Gasteiger partial charge >= 0.3 is 0 Å². The Labute approximate surface area is 103 Å². The molecule has 2 fully saturated rings. The second-order valence-corrected chi connectivity index (χ2v) is 5.43. The summed E-state index contributed by atoms with van der Waals surface area (Å²) in [5.41, 5.74) is 0. The number of aliphatic hydroxyl groups excluding tert-OH is 1. The van der Waals surface area contributed by atoms with E-state index in [1.807, 2.05) is 0 Å². The first-order valence-corrected chi connectivity index (χ1v) is 6.95. The summed E-state index contributed by atoms with van der Waals surface area (Å²) in [6.07, 6.45) is 7.12. The quantitative estimate of drug-likeness (QED) is 0.683. The van der Waals surface area contributed by atoms with E-state index in [-0.39, 0.29) is 18.1 Å². The molecule has 0 bridgehead atoms. The summed E-state index contributed by atoms with van der Waals surface area (Å²) in [6, 6.07) is 0.0114. The molecule has 98 valence electrons. The van der Waals surface area contributed by atoms with Crippen LogP contribution in [0.4, 0.5) is 0 Å². The van der Waals surface area contributed by atoms with E-state index in [0.717, 1.165) is 51.6 Å². The van der Waals surface area contributed by atoms with Crippen LogP contribution in [0.1, 0.15) is 44.9 Å². The highest BCUT2D eigenvalue weighted by Crippen LogP contribution is 2.23. The van der Waals surface area contributed by atoms with Crippen molar-refractivity contribution < 1.29 is 9.90 Å². The Morgan fingerprint density at radius 2 is 2.12 bits per heavy atom. The van der Waals surface area contributed by atoms with Gasteiger partial charge in [-0.15, -0.1) is 0 Å². The minimum atomic E-state index is -0.154. The summed E-state index contributed by atoms with van der Waals surface area (Å²) in [5, 5.41) is 15.9. The van der Waals surface area contributed by atoms with Crippen LogP contribution in [0.25, 0.3) is 0 Å². The van der Waals surface area contributed by atoms with Gasteiger partial charge in [-0.1, -0.05) is 12.8 Å². The minimum absolute atomic E-state index is 0.0114. The van der Waals surface area contributed by atoms with Crippen LogP contribution in [-0.2, 0) is 4.79 Å². The van der Waals surface area contributed by atoms with Crippen molar-refractivity contribution in [1.29, 1.82) is 0 Å². The third-order valence-electron chi connectivity index (χ3n) is 3.95. The Bertz CT molecular complexity index is 252. The number of hydrogen-bond acceptors (Lipinski definition) is 3. The van der Waals surface area contributed by atoms with Gasteiger partial charge in [0.2, 0.25) is 5.91 Å². The molecule has 1 amide bonds. The number of carbonyl (C=O) groups is 1. The first-order valence-electron chi connectivity index (χ1n) is 6.95. The molecule has 0 aromatic rings. The van der Waals surface area contributed by atoms with E-state index in [9.17, 15) is 9.90 Å². The Kier molecular flexibility index (Phi) is 4.80. The lowest BCUT2D eigenvalue weighted by Crippen LogP contribution is -2.48. The lowest BCUT2D eigenvalue weighted by molar-refractivity contribution is -0.124. The first kappa shape index (κ1) is 12.8. The Morgan fingerprint density at radius 1 is 1.24 bits per heavy atom. The van der Waals surface area contributed by atoms with Crippen LogP contribution in [0.5, 0.6) is 0 Å². The molecule has 1 aliphatic carbocycles. The molecule has 3 atom stereocenters. The lowest BCUT2D eigenvalue weighted by Gasteiger charge is -2.27. The number of piperidine rings is 1. The maximum atomic E-state index is 11.9. The standard InChI is InChI=1S/C13H24N2O2/c16-11-5-3-4-10(8-11)9-15-13(17)12-6-1-2-7-14-12/h10-12,14,16H,1-9H2,(H,15,17)/t10?,11?,12-/m1/s1. The fourth-order valence-corrected chi connectivity index (χ4v) is 2.89. The number of aliphatic hydroxyl groups is 1. The smallest absolute Gasteiger partial charge is 0.237 e. The van der Waals surface area contributed by atoms with Crippen molar-refractivity contribution in [3.63, 3.8) is 0 Å². The summed E-state index contributed by atoms with van der Waals surface area (Å²) in [6.45, 7) is 1.69. The highest BCUT2D eigenvalue weighted by atomic mass is 16.3. The number of carbonyl (C=O) groups excluding carboxylic acids is 1. The van der Waals surface area contributed by atoms with Gasteiger partial charge in [0.15, 0.2) is 0 Å². The molecule has 17 heavy (non-hydrogen) atoms. The maximum Gasteiger partial charge on any atom is 0.237 e. The van der Waals surface area contributed by atoms with Gasteiger partial charge in [-0.2, -0.15) is 0 Å². The molecule has 3 N–H and O–H groups in total. The second kappa shape index (κ2) is 6.36. The first-order chi connectivity index (χ1) is 8.25. The van der Waals surface area contributed by atoms with Crippen LogP contribution in [-0.4, -0.2) is 36.2 Å². The van der Waals surface area contributed by atoms with Gasteiger partial charge in [-0.05, 0) is 44.6 Å². The topological polar surface area (TPSA) is 61.4 Å². The van der Waals surface area contributed by atoms with E-state index >= 15 is 0 Å². The molecule has 1 saturated heterocycles. The molecule has 1 heterocycles. The summed E-state index contributed by atoms with van der Waals surface area (Å²) in [5.74, 6) is 0.607. The molecule has 1 saturated carbocycles. The van der Waals surface area contributed by atoms with Gasteiger partial charge in [0.05, 0.1) is 12.1 Å². The summed E-state index contributed by atoms with van der Waals surface area (Å²) < 4.78 is 0. The number of hydrogen-bond donors (Lipinski definition) is 3. The zero-order valence-electron chi connectivity index (χ0n) is 10.5. The van der Waals surface area contributed by atoms with Gasteiger partial charge in [0.25, 0.3) is 0 Å². The molecule has 0 spiro atoms. The van der Waals surface area contributed by atoms with E-state index in [1.165, 1.54) is 6.42 Å². The average Bonchev–Trinajstić information content (AvgIpc) is 2.37. The van der Waals surface area contributed by atoms with Gasteiger partial charge in [0.1, 0.15) is 0 Å². The minimum Gasteiger partial charge on any atom is -0.393 e. The molecule has 4 heteroatoms. The van der Waals surface area contributed by atoms with Crippen molar-refractivity contribution in [2.75, 3.05) is 13.1 Å². The third kappa shape index (κ3) is 3.96. The van der Waals surface area contributed by atoms with Crippen molar-refractivity contribution in [2.24, 2.45) is 5.92 Å². The largest absolute Gasteiger partial charge is 0.393 e. The van der Waals surface area contributed by atoms with E-state index in [1.54, 1.807) is 0 Å². The number of nitrogens with one attached hydrogen (secondary N) is 2. The molecular formula is C13H24N2O2. The Balaban J connectivity index is 1.68. The zero-order chi connectivity index (χ0) is 12.1. The van der Waals surface area contributed by atoms with Crippen molar-refractivity contribution >= 4 is 5.91 Å². The molecule has 0 aromatic heterocycles. The van der Waals surface area contributed by atoms with E-state index in [4.69, 9.17) is 0 Å². The van der Waals surface area contributed by atoms with E-state index in [0.29, 0.717) is 5.92 Å². The normalized spacial score (nSPS) is 34.3. The van der Waals surface area contributed by atoms with Gasteiger partial charge in [0, 0.05) is 6.54 Å². The van der Waals surface area contributed by atoms with Crippen molar-refractivity contribution in [3.05, 3.63) is 0 Å². The Morgan fingerprint density at radius 3 is 2.82 bits per heavy atom. The monoisotopic (exact) mass is 240 g/mol. The predicted molar refractivity (Wildman–Crippen MR) is 66.6 cm³/mol. The van der Waals surface area contributed by atoms with Gasteiger partial charge in [-0.3, -0.25) is 4.79 Å². The van der Waals surface area contributed by atoms with Crippen LogP contribution in [0, 0.1) is 5.92 Å². The fourth-order valence-electron chi connectivity index (χ4n) is 2.89. The van der Waals surface area contributed by atoms with Crippen LogP contribution >= 0.6 is 0 Å². The zero-order valence-corrected chi connectivity index (χ0v) is 10.5. The fraction of sp³-hybridized carbons (Fsp3) is 0.923. The third-order valence-corrected chi connectivity index (χ3v) is 3.95. The lowest BCUT2D eigenvalue weighted by atomic mass is 9.87. The molecule has 2 aliphatic rings. The van der Waals surface area contributed by atoms with Gasteiger partial charge < -0.3 is 15.7 Å². The molecule has 1 aliphatic heterocycles. The summed E-state index contributed by atoms with van der Waals surface area (Å²) in [4.78, 5) is 11.9. The second-order valence-electron chi connectivity index (χ2n) is 5.43. The molecule has 4 nitrogen and oxygen atoms in total. The van der Waals surface area contributed by atoms with Crippen molar-refractivity contribution in [3.8, 4) is 0 Å². The van der Waals surface area contributed by atoms with Crippen LogP contribution in [0.2, 0.25) is 0 Å². The van der Waals surface area contributed by atoms with Crippen LogP contribution in [0.3, 0.4) is 0 Å². The number of amides is 1. The van der Waals surface area contributed by atoms with E-state index < -0.39 is 0 Å². The molecule has 2 rings (SSSR count). The molecule has 2 unspecified atom stereocenters. The Hall–Kier alpha value is -0.610. The molecule has 0 aromatic carbocycles. The average molecular weight is 240 g/mol. The summed E-state index contributed by atoms with van der Waals surface area (Å²) in [7, 11) is 0. The summed E-state index contributed by atoms with van der Waals surface area (Å²) >= 11 is 0. The van der Waals surface area contributed by atoms with Crippen molar-refractivity contribution in [2.45, 2.75) is 57.1 Å². The highest BCUT2D eigenvalue weighted by Gasteiger charge is 2.23. The van der Waals surface area contributed by atoms with Crippen molar-refractivity contribution in [1.82, 2.24) is 10.6 Å². The van der Waals surface area contributed by atoms with Gasteiger partial charge in [-0.25, -0.2) is 0 Å². The highest BCUT2D eigenvalue weighted by molar-refractivity contribution is 5.81. The SMILES string of the molecule is O=C(NCC1CCCC(O)C1)[C@H]1CCCCN1. The predicted octanol–water partition coefficient (Wildman–Crippen LogP) is 0.796. The van der Waals surface area contributed by atoms with Crippen LogP contribution < -0.4 is 10.6 Å². The maximum absolute atomic E-state index is 11.9. The molecule has 0 radical (unpaired) electrons. The van der Waals surface area contributed by atoms with E-state index in [2.05, 4.69) is 10.6 Å². The number of rotatable bonds is 3.